The molecule has 3 saturated carbocycles. The van der Waals surface area contributed by atoms with Crippen LogP contribution < -0.4 is 44.4 Å². The molecule has 3 aromatic heterocycles. The molecule has 6 amide bonds. The number of rotatable bonds is 9. The van der Waals surface area contributed by atoms with Crippen molar-refractivity contribution in [1.82, 2.24) is 60.6 Å². The van der Waals surface area contributed by atoms with E-state index in [-0.39, 0.29) is 133 Å². The molecule has 36 heteroatoms. The monoisotopic (exact) mass is 1940 g/mol. The maximum absolute atomic E-state index is 14.2. The predicted octanol–water partition coefficient (Wildman–Crippen LogP) is 12.0. The molecular formula is C96H129N12O21V3-3. The van der Waals surface area contributed by atoms with Gasteiger partial charge in [0.15, 0.2) is 0 Å². The summed E-state index contributed by atoms with van der Waals surface area (Å²) in [5.41, 5.74) is 3.39. The van der Waals surface area contributed by atoms with Crippen LogP contribution in [0.3, 0.4) is 0 Å². The van der Waals surface area contributed by atoms with Crippen LogP contribution in [0.15, 0.2) is 54.6 Å². The van der Waals surface area contributed by atoms with Gasteiger partial charge in [0.05, 0.1) is 114 Å². The summed E-state index contributed by atoms with van der Waals surface area (Å²) in [6, 6.07) is 11.4. The number of carbonyl (C=O) groups is 6. The number of aromatic nitrogens is 6. The van der Waals surface area contributed by atoms with Gasteiger partial charge in [-0.2, -0.15) is 0 Å². The van der Waals surface area contributed by atoms with E-state index in [2.05, 4.69) is 34.8 Å². The molecule has 3 N–H and O–H groups in total. The first-order valence-corrected chi connectivity index (χ1v) is 46.4. The Labute approximate surface area is 810 Å². The van der Waals surface area contributed by atoms with Gasteiger partial charge in [-0.15, -0.1) is 0 Å². The number of amides is 6. The molecule has 33 nitrogen and oxygen atoms in total. The van der Waals surface area contributed by atoms with Gasteiger partial charge in [-0.1, -0.05) is 98.2 Å². The van der Waals surface area contributed by atoms with Crippen molar-refractivity contribution >= 4 is 88.0 Å². The second-order valence-corrected chi connectivity index (χ2v) is 39.2. The first kappa shape index (κ1) is 101. The Morgan fingerprint density at radius 1 is 0.386 bits per heavy atom. The number of hydrogen-bond donors (Lipinski definition) is 3. The third-order valence-corrected chi connectivity index (χ3v) is 29.7. The van der Waals surface area contributed by atoms with Gasteiger partial charge in [-0.25, -0.2) is 63.1 Å². The van der Waals surface area contributed by atoms with Crippen LogP contribution in [0.25, 0.3) is 33.1 Å². The van der Waals surface area contributed by atoms with Crippen LogP contribution in [0.4, 0.5) is 14.4 Å². The Kier molecular flexibility index (Phi) is 32.6. The fraction of sp³-hybridized carbons (Fsp3) is 0.656. The third kappa shape index (κ3) is 21.4. The molecule has 0 spiro atoms. The quantitative estimate of drug-likeness (QED) is 0.0894. The van der Waals surface area contributed by atoms with E-state index in [0.29, 0.717) is 116 Å². The van der Waals surface area contributed by atoms with Crippen LogP contribution >= 0.6 is 0 Å². The second kappa shape index (κ2) is 42.7. The van der Waals surface area contributed by atoms with E-state index >= 15 is 0 Å². The molecule has 0 unspecified atom stereocenters. The van der Waals surface area contributed by atoms with E-state index in [9.17, 15) is 43.2 Å². The summed E-state index contributed by atoms with van der Waals surface area (Å²) < 4.78 is 70.1. The Bertz CT molecular complexity index is 5190. The summed E-state index contributed by atoms with van der Waals surface area (Å²) in [7, 11) is 4.81. The number of ether oxygens (including phenoxy) is 12. The van der Waals surface area contributed by atoms with E-state index in [1.54, 1.807) is 21.3 Å². The zero-order valence-corrected chi connectivity index (χ0v) is 81.5. The van der Waals surface area contributed by atoms with Gasteiger partial charge in [-0.05, 0) is 183 Å². The minimum absolute atomic E-state index is 0. The van der Waals surface area contributed by atoms with Crippen molar-refractivity contribution in [3.8, 4) is 34.9 Å². The molecule has 6 aromatic rings. The molecule has 6 saturated heterocycles. The minimum Gasteiger partial charge on any atom is -0.540 e. The maximum Gasteiger partial charge on any atom is 0.408 e. The van der Waals surface area contributed by atoms with E-state index in [1.165, 1.54) is 14.7 Å². The number of nitrogens with one attached hydrogen (secondary N) is 3. The molecule has 132 heavy (non-hydrogen) atoms. The molecule has 9 fully saturated rings. The molecule has 3 radical (unpaired) electrons. The Morgan fingerprint density at radius 2 is 0.727 bits per heavy atom. The topological polar surface area (TPSA) is 388 Å². The van der Waals surface area contributed by atoms with E-state index < -0.39 is 100 Å². The molecule has 18 atom stereocenters. The number of benzene rings is 3. The smallest absolute Gasteiger partial charge is 0.408 e. The molecule has 3 aliphatic carbocycles. The standard InChI is InChI=1S/C33H43N4O7.C32H41N4O7.C31H39N4O7.3V.3H2/c1-20-26(17-38)37-16-27(20)43-29-24(34-23-13-12-22(41-4)15-25(23)35-29)11-7-5-6-9-21-10-8-14-33(21,3)44-31(40)36-28(30(37)39)32(2)18-42-19-32;1-19-25(16-37)36-15-27(19)42-29-23(33-22-13-12-21(40-3)14-24(22)34-29)10-6-4-5-8-20-9-7-11-26(20)43-31(39)35-28(30(36)38)32(2)17-41-18-32;1-18-24(15-36)35-14-25(18)41-27-22(32-21-11-10-20(39-4)12-23(21)33-27)9-7-5-6-8-19-13-31(19,3)42-29(38)34-26(28(35)37)30(2)16-40-17-30;;;;;;/h12-13,15,20-21,26-28H,5-11,14,16,18-19H2,1-4H3,(H,36,40);12-14,19-20,25-28H,4-11,15,17-18H2,1-3H3,(H,35,39);10-12,18-19,24-26H,5-9,13-14,16-17H2,1-4H3,(H,34,38);;;;3*1H/q3*-1;;;;;;/t20-,21+,26+,27-,28+,33+;19-,20+,25+,26+,27-,28+;18-,19+,24+,25-,26+,31+;;;;;;/m000....../s1. The van der Waals surface area contributed by atoms with Crippen molar-refractivity contribution in [2.45, 2.75) is 269 Å². The Morgan fingerprint density at radius 3 is 1.08 bits per heavy atom. The van der Waals surface area contributed by atoms with Crippen LogP contribution in [0.5, 0.6) is 34.9 Å². The van der Waals surface area contributed by atoms with Crippen LogP contribution in [0, 0.1) is 51.8 Å². The largest absolute Gasteiger partial charge is 0.540 e. The molecule has 18 rings (SSSR count). The Hall–Kier alpha value is -8.66. The number of alkyl carbamates (subject to hydrolysis) is 3. The van der Waals surface area contributed by atoms with E-state index in [4.69, 9.17) is 86.7 Å². The molecular weight excluding hydrogens is 1810 g/mol. The SMILES string of the molecule is COc1ccc2nc3c(nc2c1)O[C@H]1CN(C(=O)[C@H](C2(C)COC2)NC(=O)O[C@@H]2CCC[C@H]2CCCCC3)[C@H]([C-]=O)[C@@H]1C.COc1ccc2nc3c(nc2c1)O[C@H]1CN(C(=O)[C@H](C2(C)COC2)NC(=O)O[C@]2(C)CCC[C@H]2CCCCC3)[C@H]([C-]=O)[C@@H]1C.COc1ccc2nc3c(nc2c1)O[C@H]1CN(C(=O)[C@H](C2(C)COC2)NC(=O)O[C@]2(C)C[C@H]2CCCCC3)[C@H]([C-]=O)[C@@H]1C.[HH].[HH].[HH].[V].[V].[V]. The van der Waals surface area contributed by atoms with Crippen molar-refractivity contribution in [3.05, 3.63) is 71.7 Å². The maximum atomic E-state index is 14.2. The number of carbonyl (C=O) groups excluding carboxylic acids is 9. The average Bonchev–Trinajstić information content (AvgIpc) is 1.63. The van der Waals surface area contributed by atoms with Crippen molar-refractivity contribution in [1.29, 1.82) is 0 Å². The van der Waals surface area contributed by atoms with Crippen molar-refractivity contribution in [2.75, 3.05) is 80.6 Å². The zero-order chi connectivity index (χ0) is 90.8. The first-order chi connectivity index (χ1) is 62.1. The summed E-state index contributed by atoms with van der Waals surface area (Å²) in [5, 5.41) is 8.63. The number of hydrogen-bond acceptors (Lipinski definition) is 27. The third-order valence-electron chi connectivity index (χ3n) is 29.7. The van der Waals surface area contributed by atoms with Gasteiger partial charge in [0.2, 0.25) is 35.4 Å². The number of methoxy groups -OCH3 is 3. The fourth-order valence-corrected chi connectivity index (χ4v) is 21.0. The van der Waals surface area contributed by atoms with Crippen LogP contribution in [-0.2, 0) is 132 Å². The molecule has 9 aliphatic heterocycles. The number of nitrogens with zero attached hydrogens (tertiary/aromatic N) is 9. The van der Waals surface area contributed by atoms with Gasteiger partial charge in [-0.3, -0.25) is 14.4 Å². The molecule has 12 heterocycles. The Balaban J connectivity index is 0.000000205. The van der Waals surface area contributed by atoms with Gasteiger partial charge in [0.1, 0.15) is 88.1 Å². The van der Waals surface area contributed by atoms with Gasteiger partial charge >= 0.3 is 18.3 Å². The van der Waals surface area contributed by atoms with E-state index in [1.807, 2.05) is 110 Å². The van der Waals surface area contributed by atoms with Gasteiger partial charge < -0.3 is 102 Å². The second-order valence-electron chi connectivity index (χ2n) is 39.2. The van der Waals surface area contributed by atoms with Gasteiger partial charge in [0.25, 0.3) is 0 Å². The summed E-state index contributed by atoms with van der Waals surface area (Å²) in [4.78, 5) is 153. The average molecular weight is 1940 g/mol. The normalized spacial score (nSPS) is 31.6. The van der Waals surface area contributed by atoms with Crippen LogP contribution in [-0.4, -0.2) is 252 Å². The van der Waals surface area contributed by atoms with Gasteiger partial charge in [0, 0.05) is 100 Å². The predicted molar refractivity (Wildman–Crippen MR) is 476 cm³/mol. The van der Waals surface area contributed by atoms with Crippen molar-refractivity contribution in [3.63, 3.8) is 0 Å². The van der Waals surface area contributed by atoms with Crippen LogP contribution in [0.2, 0.25) is 0 Å². The summed E-state index contributed by atoms with van der Waals surface area (Å²) in [6.07, 6.45) is 22.7. The van der Waals surface area contributed by atoms with Crippen molar-refractivity contribution < 1.29 is 160 Å². The number of fused-ring (bicyclic) bond motifs is 15. The summed E-state index contributed by atoms with van der Waals surface area (Å²) in [5.74, 6) is 1.81. The molecule has 717 valence electrons. The minimum atomic E-state index is -0.934. The molecule has 12 aliphatic rings. The van der Waals surface area contributed by atoms with Crippen LogP contribution in [0.1, 0.15) is 199 Å². The molecule has 6 bridgehead atoms. The molecule has 3 aromatic carbocycles. The summed E-state index contributed by atoms with van der Waals surface area (Å²) >= 11 is 0. The fourth-order valence-electron chi connectivity index (χ4n) is 21.0. The first-order valence-electron chi connectivity index (χ1n) is 46.4. The van der Waals surface area contributed by atoms with E-state index in [0.717, 1.165) is 156 Å². The summed E-state index contributed by atoms with van der Waals surface area (Å²) in [6.45, 7) is 17.6. The number of aryl methyl sites for hydroxylation is 3. The van der Waals surface area contributed by atoms with Crippen molar-refractivity contribution in [2.24, 2.45) is 51.8 Å². The zero-order valence-electron chi connectivity index (χ0n) is 77.3.